The van der Waals surface area contributed by atoms with Crippen LogP contribution in [-0.2, 0) is 0 Å². The smallest absolute Gasteiger partial charge is 0.195 e. The Morgan fingerprint density at radius 1 is 1.38 bits per heavy atom. The minimum atomic E-state index is -0.112. The number of halogens is 1. The number of nitrogens with one attached hydrogen (secondary N) is 1. The maximum absolute atomic E-state index is 12.7. The molecule has 3 N–H and O–H groups in total. The standard InChI is InChI=1S/C15H12BrN3O2/c1-21-13-4-8(2-3-12(13)17)14(20)11-7-19-15-10(11)5-9(16)6-18-15/h2-7H,17H2,1H3,(H,18,19). The number of nitrogen functional groups attached to an aromatic ring is 1. The van der Waals surface area contributed by atoms with E-state index in [0.29, 0.717) is 28.2 Å². The van der Waals surface area contributed by atoms with Crippen LogP contribution in [0.1, 0.15) is 15.9 Å². The molecule has 0 radical (unpaired) electrons. The van der Waals surface area contributed by atoms with Crippen molar-refractivity contribution in [1.82, 2.24) is 9.97 Å². The normalized spacial score (nSPS) is 10.8. The molecule has 0 aliphatic carbocycles. The SMILES string of the molecule is COc1cc(C(=O)c2c[nH]c3ncc(Br)cc23)ccc1N. The number of fused-ring (bicyclic) bond motifs is 1. The number of aromatic nitrogens is 2. The number of carbonyl (C=O) groups is 1. The van der Waals surface area contributed by atoms with Crippen LogP contribution < -0.4 is 10.5 Å². The van der Waals surface area contributed by atoms with Crippen molar-refractivity contribution in [3.05, 3.63) is 52.3 Å². The number of rotatable bonds is 3. The molecule has 1 aromatic carbocycles. The third kappa shape index (κ3) is 2.38. The predicted molar refractivity (Wildman–Crippen MR) is 84.6 cm³/mol. The molecular weight excluding hydrogens is 334 g/mol. The van der Waals surface area contributed by atoms with E-state index in [0.717, 1.165) is 9.86 Å². The van der Waals surface area contributed by atoms with Gasteiger partial charge in [-0.25, -0.2) is 4.98 Å². The minimum absolute atomic E-state index is 0.112. The van der Waals surface area contributed by atoms with Crippen molar-refractivity contribution in [3.8, 4) is 5.75 Å². The molecule has 0 fully saturated rings. The molecule has 0 atom stereocenters. The molecule has 3 aromatic rings. The van der Waals surface area contributed by atoms with Crippen LogP contribution in [0.5, 0.6) is 5.75 Å². The number of pyridine rings is 1. The summed E-state index contributed by atoms with van der Waals surface area (Å²) < 4.78 is 5.97. The van der Waals surface area contributed by atoms with Crippen LogP contribution in [0, 0.1) is 0 Å². The van der Waals surface area contributed by atoms with Gasteiger partial charge in [-0.05, 0) is 40.2 Å². The molecule has 0 spiro atoms. The Bertz CT molecular complexity index is 842. The van der Waals surface area contributed by atoms with Crippen molar-refractivity contribution in [2.45, 2.75) is 0 Å². The molecule has 0 aliphatic rings. The summed E-state index contributed by atoms with van der Waals surface area (Å²) in [5.41, 5.74) is 8.01. The van der Waals surface area contributed by atoms with Crippen molar-refractivity contribution in [2.24, 2.45) is 0 Å². The average molecular weight is 346 g/mol. The first kappa shape index (κ1) is 13.6. The lowest BCUT2D eigenvalue weighted by atomic mass is 10.0. The van der Waals surface area contributed by atoms with E-state index in [1.807, 2.05) is 6.07 Å². The molecule has 5 nitrogen and oxygen atoms in total. The van der Waals surface area contributed by atoms with E-state index in [-0.39, 0.29) is 5.78 Å². The van der Waals surface area contributed by atoms with E-state index >= 15 is 0 Å². The second-order valence-corrected chi connectivity index (χ2v) is 5.45. The van der Waals surface area contributed by atoms with Gasteiger partial charge in [-0.15, -0.1) is 0 Å². The zero-order valence-electron chi connectivity index (χ0n) is 11.2. The Morgan fingerprint density at radius 3 is 2.95 bits per heavy atom. The molecule has 6 heteroatoms. The van der Waals surface area contributed by atoms with Crippen LogP contribution >= 0.6 is 15.9 Å². The van der Waals surface area contributed by atoms with Crippen LogP contribution in [0.15, 0.2) is 41.1 Å². The van der Waals surface area contributed by atoms with E-state index in [4.69, 9.17) is 10.5 Å². The zero-order valence-corrected chi connectivity index (χ0v) is 12.8. The number of ether oxygens (including phenoxy) is 1. The van der Waals surface area contributed by atoms with Crippen LogP contribution in [0.4, 0.5) is 5.69 Å². The van der Waals surface area contributed by atoms with Gasteiger partial charge in [0.2, 0.25) is 0 Å². The van der Waals surface area contributed by atoms with Crippen molar-refractivity contribution in [2.75, 3.05) is 12.8 Å². The van der Waals surface area contributed by atoms with Gasteiger partial charge in [0.25, 0.3) is 0 Å². The Hall–Kier alpha value is -2.34. The Kier molecular flexibility index (Phi) is 3.39. The number of anilines is 1. The largest absolute Gasteiger partial charge is 0.495 e. The monoisotopic (exact) mass is 345 g/mol. The van der Waals surface area contributed by atoms with Crippen molar-refractivity contribution in [1.29, 1.82) is 0 Å². The maximum atomic E-state index is 12.7. The first-order valence-electron chi connectivity index (χ1n) is 6.21. The summed E-state index contributed by atoms with van der Waals surface area (Å²) in [5.74, 6) is 0.374. The summed E-state index contributed by atoms with van der Waals surface area (Å²) in [6, 6.07) is 6.85. The lowest BCUT2D eigenvalue weighted by Gasteiger charge is -2.06. The number of nitrogens with two attached hydrogens (primary N) is 1. The van der Waals surface area contributed by atoms with Crippen molar-refractivity contribution >= 4 is 38.4 Å². The molecule has 2 aromatic heterocycles. The summed E-state index contributed by atoms with van der Waals surface area (Å²) in [6.45, 7) is 0. The molecule has 0 amide bonds. The second-order valence-electron chi connectivity index (χ2n) is 4.54. The highest BCUT2D eigenvalue weighted by atomic mass is 79.9. The fourth-order valence-electron chi connectivity index (χ4n) is 2.17. The molecule has 0 unspecified atom stereocenters. The Balaban J connectivity index is 2.10. The van der Waals surface area contributed by atoms with Gasteiger partial charge >= 0.3 is 0 Å². The van der Waals surface area contributed by atoms with E-state index in [9.17, 15) is 4.79 Å². The number of H-pyrrole nitrogens is 1. The van der Waals surface area contributed by atoms with Crippen molar-refractivity contribution in [3.63, 3.8) is 0 Å². The van der Waals surface area contributed by atoms with E-state index in [1.54, 1.807) is 30.6 Å². The van der Waals surface area contributed by atoms with Gasteiger partial charge in [0.1, 0.15) is 11.4 Å². The van der Waals surface area contributed by atoms with E-state index < -0.39 is 0 Å². The lowest BCUT2D eigenvalue weighted by molar-refractivity contribution is 0.104. The number of aromatic amines is 1. The van der Waals surface area contributed by atoms with Gasteiger partial charge in [-0.3, -0.25) is 4.79 Å². The quantitative estimate of drug-likeness (QED) is 0.564. The number of nitrogens with zero attached hydrogens (tertiary/aromatic N) is 1. The van der Waals surface area contributed by atoms with Gasteiger partial charge in [0, 0.05) is 33.4 Å². The fourth-order valence-corrected chi connectivity index (χ4v) is 2.50. The van der Waals surface area contributed by atoms with E-state index in [2.05, 4.69) is 25.9 Å². The fraction of sp³-hybridized carbons (Fsp3) is 0.0667. The third-order valence-electron chi connectivity index (χ3n) is 3.24. The molecule has 0 bridgehead atoms. The molecule has 0 aliphatic heterocycles. The predicted octanol–water partition coefficient (Wildman–Crippen LogP) is 3.15. The van der Waals surface area contributed by atoms with Gasteiger partial charge in [0.15, 0.2) is 5.78 Å². The number of hydrogen-bond acceptors (Lipinski definition) is 4. The molecule has 2 heterocycles. The Morgan fingerprint density at radius 2 is 2.19 bits per heavy atom. The second kappa shape index (κ2) is 5.21. The molecule has 0 saturated carbocycles. The van der Waals surface area contributed by atoms with E-state index in [1.165, 1.54) is 7.11 Å². The first-order chi connectivity index (χ1) is 10.1. The zero-order chi connectivity index (χ0) is 15.0. The maximum Gasteiger partial charge on any atom is 0.195 e. The summed E-state index contributed by atoms with van der Waals surface area (Å²) >= 11 is 3.36. The number of methoxy groups -OCH3 is 1. The Labute approximate surface area is 129 Å². The van der Waals surface area contributed by atoms with Crippen LogP contribution in [0.2, 0.25) is 0 Å². The van der Waals surface area contributed by atoms with Gasteiger partial charge in [0.05, 0.1) is 12.8 Å². The highest BCUT2D eigenvalue weighted by Crippen LogP contribution is 2.26. The minimum Gasteiger partial charge on any atom is -0.495 e. The number of carbonyl (C=O) groups excluding carboxylic acids is 1. The number of benzene rings is 1. The molecule has 21 heavy (non-hydrogen) atoms. The first-order valence-corrected chi connectivity index (χ1v) is 7.00. The average Bonchev–Trinajstić information content (AvgIpc) is 2.90. The van der Waals surface area contributed by atoms with Crippen LogP contribution in [0.3, 0.4) is 0 Å². The highest BCUT2D eigenvalue weighted by molar-refractivity contribution is 9.10. The third-order valence-corrected chi connectivity index (χ3v) is 3.67. The van der Waals surface area contributed by atoms with Crippen LogP contribution in [-0.4, -0.2) is 22.9 Å². The summed E-state index contributed by atoms with van der Waals surface area (Å²) in [4.78, 5) is 19.9. The topological polar surface area (TPSA) is 81.0 Å². The summed E-state index contributed by atoms with van der Waals surface area (Å²) in [5, 5.41) is 0.769. The molecule has 3 rings (SSSR count). The summed E-state index contributed by atoms with van der Waals surface area (Å²) in [6.07, 6.45) is 3.34. The number of hydrogen-bond donors (Lipinski definition) is 2. The lowest BCUT2D eigenvalue weighted by Crippen LogP contribution is -2.02. The molecular formula is C15H12BrN3O2. The van der Waals surface area contributed by atoms with Crippen molar-refractivity contribution < 1.29 is 9.53 Å². The summed E-state index contributed by atoms with van der Waals surface area (Å²) in [7, 11) is 1.52. The molecule has 106 valence electrons. The molecule has 0 saturated heterocycles. The van der Waals surface area contributed by atoms with Gasteiger partial charge in [-0.2, -0.15) is 0 Å². The van der Waals surface area contributed by atoms with Gasteiger partial charge in [-0.1, -0.05) is 0 Å². The number of ketones is 1. The van der Waals surface area contributed by atoms with Crippen LogP contribution in [0.25, 0.3) is 11.0 Å². The van der Waals surface area contributed by atoms with Gasteiger partial charge < -0.3 is 15.5 Å². The highest BCUT2D eigenvalue weighted by Gasteiger charge is 2.16.